The number of aliphatic imine (C=N–C) groups is 1. The molecule has 144 valence electrons. The molecule has 1 atom stereocenters. The van der Waals surface area contributed by atoms with Crippen LogP contribution in [0.1, 0.15) is 13.8 Å². The van der Waals surface area contributed by atoms with Gasteiger partial charge < -0.3 is 20.1 Å². The lowest BCUT2D eigenvalue weighted by atomic mass is 10.1. The third-order valence-corrected chi connectivity index (χ3v) is 4.92. The molecule has 7 heteroatoms. The number of guanidine groups is 1. The number of nitrogens with one attached hydrogen (secondary N) is 2. The molecule has 4 rings (SSSR count). The van der Waals surface area contributed by atoms with Crippen LogP contribution in [0.25, 0.3) is 0 Å². The van der Waals surface area contributed by atoms with Crippen LogP contribution in [0.2, 0.25) is 0 Å². The summed E-state index contributed by atoms with van der Waals surface area (Å²) in [7, 11) is 1.65. The second-order valence-electron chi connectivity index (χ2n) is 6.63. The summed E-state index contributed by atoms with van der Waals surface area (Å²) in [5, 5.41) is 6.71. The van der Waals surface area contributed by atoms with E-state index in [0.717, 1.165) is 42.8 Å². The summed E-state index contributed by atoms with van der Waals surface area (Å²) in [4.78, 5) is 9.93. The first kappa shape index (κ1) is 18.8. The minimum absolute atomic E-state index is 0.516. The molecule has 0 amide bonds. The van der Waals surface area contributed by atoms with Crippen molar-refractivity contribution in [3.05, 3.63) is 18.2 Å². The molecule has 1 aromatic carbocycles. The van der Waals surface area contributed by atoms with Gasteiger partial charge in [-0.1, -0.05) is 0 Å². The Bertz CT molecular complexity index is 614. The Morgan fingerprint density at radius 2 is 2.00 bits per heavy atom. The van der Waals surface area contributed by atoms with Crippen molar-refractivity contribution in [1.29, 1.82) is 0 Å². The van der Waals surface area contributed by atoms with Crippen molar-refractivity contribution in [2.24, 2.45) is 4.99 Å². The Kier molecular flexibility index (Phi) is 6.57. The third-order valence-electron chi connectivity index (χ3n) is 4.92. The largest absolute Gasteiger partial charge is 0.493 e. The van der Waals surface area contributed by atoms with Gasteiger partial charge >= 0.3 is 0 Å². The van der Waals surface area contributed by atoms with Crippen LogP contribution in [0.3, 0.4) is 0 Å². The van der Waals surface area contributed by atoms with Gasteiger partial charge in [0.15, 0.2) is 17.5 Å². The second kappa shape index (κ2) is 9.09. The summed E-state index contributed by atoms with van der Waals surface area (Å²) >= 11 is 0. The fourth-order valence-corrected chi connectivity index (χ4v) is 3.56. The summed E-state index contributed by atoms with van der Waals surface area (Å²) in [6, 6.07) is 6.36. The van der Waals surface area contributed by atoms with Gasteiger partial charge in [0.25, 0.3) is 0 Å². The molecular weight excluding hydrogens is 330 g/mol. The van der Waals surface area contributed by atoms with Crippen molar-refractivity contribution in [3.8, 4) is 11.5 Å². The molecular formula is C19H31N5O2. The Labute approximate surface area is 156 Å². The van der Waals surface area contributed by atoms with Crippen molar-refractivity contribution in [2.45, 2.75) is 19.9 Å². The van der Waals surface area contributed by atoms with Gasteiger partial charge in [-0.05, 0) is 26.0 Å². The predicted molar refractivity (Wildman–Crippen MR) is 106 cm³/mol. The molecule has 3 aliphatic heterocycles. The number of piperazine rings is 3. The van der Waals surface area contributed by atoms with Gasteiger partial charge in [0.1, 0.15) is 0 Å². The van der Waals surface area contributed by atoms with E-state index in [0.29, 0.717) is 12.6 Å². The van der Waals surface area contributed by atoms with E-state index < -0.39 is 0 Å². The summed E-state index contributed by atoms with van der Waals surface area (Å²) in [5.74, 6) is 2.27. The number of benzene rings is 1. The van der Waals surface area contributed by atoms with E-state index in [4.69, 9.17) is 14.5 Å². The molecule has 0 aromatic heterocycles. The van der Waals surface area contributed by atoms with E-state index in [9.17, 15) is 0 Å². The van der Waals surface area contributed by atoms with Gasteiger partial charge in [0.05, 0.1) is 20.3 Å². The number of hydrogen-bond acceptors (Lipinski definition) is 5. The monoisotopic (exact) mass is 361 g/mol. The molecule has 7 nitrogen and oxygen atoms in total. The van der Waals surface area contributed by atoms with Crippen molar-refractivity contribution < 1.29 is 9.47 Å². The summed E-state index contributed by atoms with van der Waals surface area (Å²) in [6.07, 6.45) is 0. The fourth-order valence-electron chi connectivity index (χ4n) is 3.56. The van der Waals surface area contributed by atoms with Gasteiger partial charge in [0.2, 0.25) is 0 Å². The zero-order valence-electron chi connectivity index (χ0n) is 16.1. The fraction of sp³-hybridized carbons (Fsp3) is 0.632. The SMILES string of the molecule is CCNC(=NCC1CN2CCN1CC2)Nc1ccc(OC)c(OCC)c1. The lowest BCUT2D eigenvalue weighted by molar-refractivity contribution is 0.0174. The van der Waals surface area contributed by atoms with Gasteiger partial charge in [-0.3, -0.25) is 14.8 Å². The van der Waals surface area contributed by atoms with Crippen molar-refractivity contribution in [2.75, 3.05) is 64.8 Å². The number of ether oxygens (including phenoxy) is 2. The van der Waals surface area contributed by atoms with Crippen LogP contribution in [0.4, 0.5) is 5.69 Å². The highest BCUT2D eigenvalue weighted by molar-refractivity contribution is 5.93. The van der Waals surface area contributed by atoms with E-state index in [2.05, 4.69) is 27.4 Å². The van der Waals surface area contributed by atoms with Crippen LogP contribution in [0.5, 0.6) is 11.5 Å². The highest BCUT2D eigenvalue weighted by Crippen LogP contribution is 2.30. The topological polar surface area (TPSA) is 61.4 Å². The maximum atomic E-state index is 5.66. The smallest absolute Gasteiger partial charge is 0.195 e. The van der Waals surface area contributed by atoms with Crippen LogP contribution in [-0.4, -0.2) is 81.3 Å². The first-order valence-electron chi connectivity index (χ1n) is 9.56. The molecule has 26 heavy (non-hydrogen) atoms. The van der Waals surface area contributed by atoms with Crippen LogP contribution in [-0.2, 0) is 0 Å². The van der Waals surface area contributed by atoms with Crippen molar-refractivity contribution >= 4 is 11.6 Å². The van der Waals surface area contributed by atoms with E-state index in [-0.39, 0.29) is 0 Å². The van der Waals surface area contributed by atoms with E-state index in [1.54, 1.807) is 7.11 Å². The summed E-state index contributed by atoms with van der Waals surface area (Å²) in [5.41, 5.74) is 0.933. The molecule has 0 aliphatic carbocycles. The molecule has 0 spiro atoms. The molecule has 2 bridgehead atoms. The molecule has 3 saturated heterocycles. The lowest BCUT2D eigenvalue weighted by Crippen LogP contribution is -2.61. The zero-order valence-corrected chi connectivity index (χ0v) is 16.1. The number of hydrogen-bond donors (Lipinski definition) is 2. The molecule has 0 saturated carbocycles. The van der Waals surface area contributed by atoms with E-state index in [1.807, 2.05) is 25.1 Å². The molecule has 2 N–H and O–H groups in total. The Balaban J connectivity index is 1.67. The van der Waals surface area contributed by atoms with Crippen LogP contribution >= 0.6 is 0 Å². The number of nitrogens with zero attached hydrogens (tertiary/aromatic N) is 3. The highest BCUT2D eigenvalue weighted by Gasteiger charge is 2.31. The number of methoxy groups -OCH3 is 1. The highest BCUT2D eigenvalue weighted by atomic mass is 16.5. The van der Waals surface area contributed by atoms with Crippen molar-refractivity contribution in [3.63, 3.8) is 0 Å². The number of fused-ring (bicyclic) bond motifs is 3. The molecule has 3 fully saturated rings. The quantitative estimate of drug-likeness (QED) is 0.567. The van der Waals surface area contributed by atoms with Gasteiger partial charge in [-0.15, -0.1) is 0 Å². The van der Waals surface area contributed by atoms with E-state index >= 15 is 0 Å². The maximum absolute atomic E-state index is 5.66. The van der Waals surface area contributed by atoms with E-state index in [1.165, 1.54) is 26.2 Å². The van der Waals surface area contributed by atoms with Gasteiger partial charge in [0, 0.05) is 57.1 Å². The summed E-state index contributed by atoms with van der Waals surface area (Å²) in [6.45, 7) is 12.1. The predicted octanol–water partition coefficient (Wildman–Crippen LogP) is 1.47. The molecule has 3 heterocycles. The molecule has 1 unspecified atom stereocenters. The minimum atomic E-state index is 0.516. The first-order chi connectivity index (χ1) is 12.7. The Morgan fingerprint density at radius 1 is 1.19 bits per heavy atom. The van der Waals surface area contributed by atoms with Crippen LogP contribution in [0, 0.1) is 0 Å². The normalized spacial score (nSPS) is 25.0. The molecule has 0 radical (unpaired) electrons. The number of rotatable bonds is 7. The van der Waals surface area contributed by atoms with Gasteiger partial charge in [-0.2, -0.15) is 0 Å². The summed E-state index contributed by atoms with van der Waals surface area (Å²) < 4.78 is 11.0. The lowest BCUT2D eigenvalue weighted by Gasteiger charge is -2.47. The van der Waals surface area contributed by atoms with Gasteiger partial charge in [-0.25, -0.2) is 0 Å². The van der Waals surface area contributed by atoms with Crippen LogP contribution in [0.15, 0.2) is 23.2 Å². The average Bonchev–Trinajstić information content (AvgIpc) is 2.68. The minimum Gasteiger partial charge on any atom is -0.493 e. The number of anilines is 1. The average molecular weight is 361 g/mol. The maximum Gasteiger partial charge on any atom is 0.195 e. The Hall–Kier alpha value is -1.99. The second-order valence-corrected chi connectivity index (χ2v) is 6.63. The third kappa shape index (κ3) is 4.59. The van der Waals surface area contributed by atoms with Crippen molar-refractivity contribution in [1.82, 2.24) is 15.1 Å². The zero-order chi connectivity index (χ0) is 18.4. The van der Waals surface area contributed by atoms with Crippen LogP contribution < -0.4 is 20.1 Å². The Morgan fingerprint density at radius 3 is 2.62 bits per heavy atom. The molecule has 3 aliphatic rings. The standard InChI is InChI=1S/C19H31N5O2/c1-4-20-19(21-13-16-14-23-8-10-24(16)11-9-23)22-15-6-7-17(25-3)18(12-15)26-5-2/h6-7,12,16H,4-5,8-11,13-14H2,1-3H3,(H2,20,21,22). The first-order valence-corrected chi connectivity index (χ1v) is 9.56. The molecule has 1 aromatic rings.